The van der Waals surface area contributed by atoms with Gasteiger partial charge in [-0.3, -0.25) is 9.78 Å². The van der Waals surface area contributed by atoms with Crippen molar-refractivity contribution in [3.63, 3.8) is 0 Å². The third-order valence-corrected chi connectivity index (χ3v) is 3.00. The molecule has 1 aromatic heterocycles. The van der Waals surface area contributed by atoms with Gasteiger partial charge in [-0.05, 0) is 49.7 Å². The highest BCUT2D eigenvalue weighted by atomic mass is 16.2. The molecule has 0 spiro atoms. The van der Waals surface area contributed by atoms with Crippen LogP contribution in [0, 0.1) is 0 Å². The van der Waals surface area contributed by atoms with Crippen LogP contribution in [0.5, 0.6) is 0 Å². The molecule has 0 saturated heterocycles. The van der Waals surface area contributed by atoms with E-state index < -0.39 is 0 Å². The summed E-state index contributed by atoms with van der Waals surface area (Å²) in [4.78, 5) is 27.6. The average molecular weight is 312 g/mol. The minimum absolute atomic E-state index is 0.0820. The Labute approximate surface area is 135 Å². The first kappa shape index (κ1) is 16.5. The maximum atomic E-state index is 11.8. The van der Waals surface area contributed by atoms with E-state index in [0.717, 1.165) is 5.56 Å². The van der Waals surface area contributed by atoms with Crippen molar-refractivity contribution in [2.24, 2.45) is 0 Å². The second-order valence-electron chi connectivity index (χ2n) is 5.37. The first-order valence-corrected chi connectivity index (χ1v) is 7.39. The van der Waals surface area contributed by atoms with Crippen LogP contribution in [0.2, 0.25) is 0 Å². The number of aromatic nitrogens is 1. The summed E-state index contributed by atoms with van der Waals surface area (Å²) in [6.45, 7) is 4.20. The standard InChI is InChI=1S/C17H20N4O2/c1-12(2)20-16(22)14-5-7-15(8-6-14)21-17(23)19-11-13-4-3-9-18-10-13/h3-10,12H,11H2,1-2H3,(H,20,22)(H2,19,21,23). The predicted octanol–water partition coefficient (Wildman–Crippen LogP) is 2.54. The summed E-state index contributed by atoms with van der Waals surface area (Å²) in [7, 11) is 0. The maximum absolute atomic E-state index is 11.8. The number of carbonyl (C=O) groups is 2. The summed E-state index contributed by atoms with van der Waals surface area (Å²) in [6.07, 6.45) is 3.38. The Morgan fingerprint density at radius 2 is 1.87 bits per heavy atom. The highest BCUT2D eigenvalue weighted by Crippen LogP contribution is 2.09. The largest absolute Gasteiger partial charge is 0.350 e. The van der Waals surface area contributed by atoms with Gasteiger partial charge in [-0.1, -0.05) is 6.07 Å². The monoisotopic (exact) mass is 312 g/mol. The summed E-state index contributed by atoms with van der Waals surface area (Å²) < 4.78 is 0. The summed E-state index contributed by atoms with van der Waals surface area (Å²) in [5.74, 6) is -0.132. The lowest BCUT2D eigenvalue weighted by molar-refractivity contribution is 0.0943. The van der Waals surface area contributed by atoms with Crippen molar-refractivity contribution in [3.05, 3.63) is 59.9 Å². The Morgan fingerprint density at radius 3 is 2.48 bits per heavy atom. The molecule has 0 aliphatic heterocycles. The second-order valence-corrected chi connectivity index (χ2v) is 5.37. The Hall–Kier alpha value is -2.89. The quantitative estimate of drug-likeness (QED) is 0.793. The molecule has 1 aromatic carbocycles. The van der Waals surface area contributed by atoms with Gasteiger partial charge in [-0.15, -0.1) is 0 Å². The Kier molecular flexibility index (Phi) is 5.68. The SMILES string of the molecule is CC(C)NC(=O)c1ccc(NC(=O)NCc2cccnc2)cc1. The molecule has 2 aromatic rings. The normalized spacial score (nSPS) is 10.2. The molecule has 2 rings (SSSR count). The van der Waals surface area contributed by atoms with Gasteiger partial charge in [0.15, 0.2) is 0 Å². The fraction of sp³-hybridized carbons (Fsp3) is 0.235. The predicted molar refractivity (Wildman–Crippen MR) is 89.1 cm³/mol. The molecular weight excluding hydrogens is 292 g/mol. The van der Waals surface area contributed by atoms with E-state index in [1.54, 1.807) is 36.7 Å². The first-order valence-electron chi connectivity index (χ1n) is 7.39. The zero-order valence-electron chi connectivity index (χ0n) is 13.2. The highest BCUT2D eigenvalue weighted by Gasteiger charge is 2.07. The van der Waals surface area contributed by atoms with E-state index in [0.29, 0.717) is 17.8 Å². The van der Waals surface area contributed by atoms with E-state index in [1.165, 1.54) is 0 Å². The minimum Gasteiger partial charge on any atom is -0.350 e. The topological polar surface area (TPSA) is 83.1 Å². The lowest BCUT2D eigenvalue weighted by Gasteiger charge is -2.10. The van der Waals surface area contributed by atoms with Crippen LogP contribution in [0.25, 0.3) is 0 Å². The van der Waals surface area contributed by atoms with Gasteiger partial charge in [-0.25, -0.2) is 4.79 Å². The van der Waals surface area contributed by atoms with Gasteiger partial charge in [-0.2, -0.15) is 0 Å². The van der Waals surface area contributed by atoms with Gasteiger partial charge in [0.1, 0.15) is 0 Å². The smallest absolute Gasteiger partial charge is 0.319 e. The third-order valence-electron chi connectivity index (χ3n) is 3.00. The molecule has 23 heavy (non-hydrogen) atoms. The van der Waals surface area contributed by atoms with Crippen LogP contribution < -0.4 is 16.0 Å². The molecule has 3 amide bonds. The summed E-state index contributed by atoms with van der Waals surface area (Å²) in [6, 6.07) is 10.2. The van der Waals surface area contributed by atoms with Crippen LogP contribution in [0.1, 0.15) is 29.8 Å². The molecule has 0 unspecified atom stereocenters. The van der Waals surface area contributed by atoms with Gasteiger partial charge in [0.2, 0.25) is 0 Å². The van der Waals surface area contributed by atoms with Crippen LogP contribution in [-0.2, 0) is 6.54 Å². The van der Waals surface area contributed by atoms with Crippen LogP contribution >= 0.6 is 0 Å². The van der Waals surface area contributed by atoms with Crippen LogP contribution in [0.15, 0.2) is 48.8 Å². The van der Waals surface area contributed by atoms with Crippen molar-refractivity contribution in [2.75, 3.05) is 5.32 Å². The Morgan fingerprint density at radius 1 is 1.13 bits per heavy atom. The molecule has 0 bridgehead atoms. The highest BCUT2D eigenvalue weighted by molar-refractivity contribution is 5.95. The molecule has 0 aliphatic carbocycles. The van der Waals surface area contributed by atoms with Gasteiger partial charge < -0.3 is 16.0 Å². The second kappa shape index (κ2) is 7.93. The van der Waals surface area contributed by atoms with Gasteiger partial charge in [0.05, 0.1) is 0 Å². The van der Waals surface area contributed by atoms with E-state index in [9.17, 15) is 9.59 Å². The molecule has 0 atom stereocenters. The van der Waals surface area contributed by atoms with Crippen molar-refractivity contribution < 1.29 is 9.59 Å². The lowest BCUT2D eigenvalue weighted by Crippen LogP contribution is -2.30. The Balaban J connectivity index is 1.85. The molecule has 0 fully saturated rings. The molecule has 0 aliphatic rings. The Bertz CT molecular complexity index is 654. The van der Waals surface area contributed by atoms with Gasteiger partial charge in [0, 0.05) is 36.2 Å². The number of nitrogens with zero attached hydrogens (tertiary/aromatic N) is 1. The molecular formula is C17H20N4O2. The number of carbonyl (C=O) groups excluding carboxylic acids is 2. The molecule has 3 N–H and O–H groups in total. The van der Waals surface area contributed by atoms with E-state index in [4.69, 9.17) is 0 Å². The average Bonchev–Trinajstić information content (AvgIpc) is 2.54. The zero-order chi connectivity index (χ0) is 16.7. The number of anilines is 1. The van der Waals surface area contributed by atoms with E-state index in [2.05, 4.69) is 20.9 Å². The molecule has 6 nitrogen and oxygen atoms in total. The fourth-order valence-corrected chi connectivity index (χ4v) is 1.91. The minimum atomic E-state index is -0.312. The van der Waals surface area contributed by atoms with Crippen LogP contribution in [0.4, 0.5) is 10.5 Å². The van der Waals surface area contributed by atoms with Crippen molar-refractivity contribution in [3.8, 4) is 0 Å². The molecule has 1 heterocycles. The number of pyridine rings is 1. The van der Waals surface area contributed by atoms with E-state index in [-0.39, 0.29) is 18.0 Å². The number of rotatable bonds is 5. The number of hydrogen-bond acceptors (Lipinski definition) is 3. The zero-order valence-corrected chi connectivity index (χ0v) is 13.2. The molecule has 0 saturated carbocycles. The van der Waals surface area contributed by atoms with Crippen molar-refractivity contribution in [2.45, 2.75) is 26.4 Å². The third kappa shape index (κ3) is 5.43. The lowest BCUT2D eigenvalue weighted by atomic mass is 10.2. The molecule has 0 radical (unpaired) electrons. The van der Waals surface area contributed by atoms with Crippen LogP contribution in [0.3, 0.4) is 0 Å². The number of amides is 3. The number of urea groups is 1. The van der Waals surface area contributed by atoms with Crippen molar-refractivity contribution >= 4 is 17.6 Å². The summed E-state index contributed by atoms with van der Waals surface area (Å²) >= 11 is 0. The fourth-order valence-electron chi connectivity index (χ4n) is 1.91. The van der Waals surface area contributed by atoms with Crippen LogP contribution in [-0.4, -0.2) is 23.0 Å². The number of hydrogen-bond donors (Lipinski definition) is 3. The van der Waals surface area contributed by atoms with Gasteiger partial charge in [0.25, 0.3) is 5.91 Å². The van der Waals surface area contributed by atoms with Crippen molar-refractivity contribution in [1.82, 2.24) is 15.6 Å². The van der Waals surface area contributed by atoms with E-state index in [1.807, 2.05) is 26.0 Å². The summed E-state index contributed by atoms with van der Waals surface area (Å²) in [5, 5.41) is 8.27. The van der Waals surface area contributed by atoms with Gasteiger partial charge >= 0.3 is 6.03 Å². The van der Waals surface area contributed by atoms with E-state index >= 15 is 0 Å². The first-order chi connectivity index (χ1) is 11.0. The molecule has 6 heteroatoms. The van der Waals surface area contributed by atoms with Crippen molar-refractivity contribution in [1.29, 1.82) is 0 Å². The maximum Gasteiger partial charge on any atom is 0.319 e. The number of benzene rings is 1. The number of nitrogens with one attached hydrogen (secondary N) is 3. The summed E-state index contributed by atoms with van der Waals surface area (Å²) in [5.41, 5.74) is 2.10. The molecule has 120 valence electrons.